The van der Waals surface area contributed by atoms with Crippen molar-refractivity contribution in [3.63, 3.8) is 0 Å². The Morgan fingerprint density at radius 3 is 2.75 bits per heavy atom. The Kier molecular flexibility index (Phi) is 2.10. The van der Waals surface area contributed by atoms with Gasteiger partial charge in [-0.25, -0.2) is 0 Å². The maximum atomic E-state index is 3.85. The molecule has 0 saturated heterocycles. The smallest absolute Gasteiger partial charge is 0.0238 e. The number of allylic oxidation sites excluding steroid dienone is 2. The molecule has 0 aromatic heterocycles. The number of rotatable bonds is 0. The minimum absolute atomic E-state index is 0.402. The zero-order chi connectivity index (χ0) is 8.77. The van der Waals surface area contributed by atoms with Crippen molar-refractivity contribution in [2.24, 2.45) is 11.8 Å². The van der Waals surface area contributed by atoms with Gasteiger partial charge in [-0.15, -0.1) is 0 Å². The summed E-state index contributed by atoms with van der Waals surface area (Å²) in [6.45, 7) is 4.69. The van der Waals surface area contributed by atoms with Crippen LogP contribution in [0.3, 0.4) is 0 Å². The van der Waals surface area contributed by atoms with Crippen LogP contribution in [-0.4, -0.2) is 4.32 Å². The van der Waals surface area contributed by atoms with Crippen LogP contribution < -0.4 is 0 Å². The molecule has 0 aromatic carbocycles. The number of alkyl halides is 1. The van der Waals surface area contributed by atoms with E-state index in [0.717, 1.165) is 11.8 Å². The topological polar surface area (TPSA) is 0 Å². The summed E-state index contributed by atoms with van der Waals surface area (Å²) in [5, 5.41) is 0. The first kappa shape index (κ1) is 8.80. The van der Waals surface area contributed by atoms with Gasteiger partial charge in [-0.2, -0.15) is 0 Å². The lowest BCUT2D eigenvalue weighted by Gasteiger charge is -2.39. The molecule has 0 N–H and O–H groups in total. The summed E-state index contributed by atoms with van der Waals surface area (Å²) in [5.41, 5.74) is 1.72. The molecular weight excluding hydrogens is 212 g/mol. The van der Waals surface area contributed by atoms with Crippen molar-refractivity contribution in [1.29, 1.82) is 0 Å². The minimum atomic E-state index is 0.402. The molecule has 3 rings (SSSR count). The Hall–Kier alpha value is 0.220. The summed E-state index contributed by atoms with van der Waals surface area (Å²) in [4.78, 5) is 0. The van der Waals surface area contributed by atoms with Gasteiger partial charge in [0, 0.05) is 4.32 Å². The third kappa shape index (κ3) is 1.76. The Morgan fingerprint density at radius 2 is 2.08 bits per heavy atom. The van der Waals surface area contributed by atoms with Crippen LogP contribution in [0.2, 0.25) is 0 Å². The Morgan fingerprint density at radius 1 is 1.42 bits per heavy atom. The van der Waals surface area contributed by atoms with Crippen molar-refractivity contribution in [3.05, 3.63) is 11.6 Å². The van der Waals surface area contributed by atoms with Gasteiger partial charge in [-0.05, 0) is 44.4 Å². The van der Waals surface area contributed by atoms with Crippen molar-refractivity contribution in [2.45, 2.75) is 43.9 Å². The molecule has 0 aromatic rings. The third-order valence-corrected chi connectivity index (χ3v) is 3.73. The van der Waals surface area contributed by atoms with Gasteiger partial charge >= 0.3 is 0 Å². The summed E-state index contributed by atoms with van der Waals surface area (Å²) in [5.74, 6) is 1.75. The van der Waals surface area contributed by atoms with Gasteiger partial charge in [0.15, 0.2) is 0 Å². The average Bonchev–Trinajstić information content (AvgIpc) is 1.77. The highest BCUT2D eigenvalue weighted by atomic mass is 79.9. The fourth-order valence-electron chi connectivity index (χ4n) is 2.78. The van der Waals surface area contributed by atoms with E-state index in [4.69, 9.17) is 0 Å². The highest BCUT2D eigenvalue weighted by Gasteiger charge is 2.34. The lowest BCUT2D eigenvalue weighted by Crippen LogP contribution is -2.30. The van der Waals surface area contributed by atoms with Gasteiger partial charge in [-0.3, -0.25) is 0 Å². The first-order valence-electron chi connectivity index (χ1n) is 4.94. The molecule has 12 heavy (non-hydrogen) atoms. The zero-order valence-corrected chi connectivity index (χ0v) is 9.52. The molecule has 2 unspecified atom stereocenters. The largest absolute Gasteiger partial charge is 0.0856 e. The van der Waals surface area contributed by atoms with E-state index in [2.05, 4.69) is 35.9 Å². The normalized spacial score (nSPS) is 47.1. The molecule has 0 nitrogen and oxygen atoms in total. The molecule has 0 spiro atoms. The number of hydrogen-bond donors (Lipinski definition) is 0. The Labute approximate surface area is 83.6 Å². The molecule has 0 aliphatic heterocycles. The quantitative estimate of drug-likeness (QED) is 0.436. The van der Waals surface area contributed by atoms with Crippen molar-refractivity contribution >= 4 is 15.9 Å². The minimum Gasteiger partial charge on any atom is -0.0856 e. The van der Waals surface area contributed by atoms with Crippen LogP contribution in [0.5, 0.6) is 0 Å². The van der Waals surface area contributed by atoms with E-state index in [1.165, 1.54) is 25.7 Å². The van der Waals surface area contributed by atoms with Gasteiger partial charge in [0.25, 0.3) is 0 Å². The fourth-order valence-corrected chi connectivity index (χ4v) is 3.75. The lowest BCUT2D eigenvalue weighted by molar-refractivity contribution is 0.309. The average molecular weight is 229 g/mol. The van der Waals surface area contributed by atoms with Crippen molar-refractivity contribution in [1.82, 2.24) is 0 Å². The maximum absolute atomic E-state index is 3.85. The van der Waals surface area contributed by atoms with E-state index in [-0.39, 0.29) is 0 Å². The van der Waals surface area contributed by atoms with Crippen LogP contribution >= 0.6 is 15.9 Å². The SMILES string of the molecule is CC1C=C2CC(C2)CC(C)(Br)C1. The maximum Gasteiger partial charge on any atom is 0.0238 e. The van der Waals surface area contributed by atoms with Crippen LogP contribution in [0.25, 0.3) is 0 Å². The summed E-state index contributed by atoms with van der Waals surface area (Å²) in [7, 11) is 0. The summed E-state index contributed by atoms with van der Waals surface area (Å²) >= 11 is 3.85. The lowest BCUT2D eigenvalue weighted by atomic mass is 9.70. The zero-order valence-electron chi connectivity index (χ0n) is 7.94. The molecule has 2 atom stereocenters. The molecule has 1 saturated carbocycles. The van der Waals surface area contributed by atoms with Crippen LogP contribution in [0.1, 0.15) is 39.5 Å². The number of halogens is 1. The molecule has 1 fully saturated rings. The van der Waals surface area contributed by atoms with E-state index >= 15 is 0 Å². The highest BCUT2D eigenvalue weighted by molar-refractivity contribution is 9.10. The molecule has 0 amide bonds. The Balaban J connectivity index is 2.14. The molecule has 3 aliphatic carbocycles. The van der Waals surface area contributed by atoms with E-state index in [9.17, 15) is 0 Å². The second kappa shape index (κ2) is 2.87. The summed E-state index contributed by atoms with van der Waals surface area (Å²) in [6.07, 6.45) is 7.92. The number of fused-ring (bicyclic) bond motifs is 4. The fraction of sp³-hybridized carbons (Fsp3) is 0.818. The summed E-state index contributed by atoms with van der Waals surface area (Å²) in [6, 6.07) is 0. The molecule has 2 bridgehead atoms. The van der Waals surface area contributed by atoms with E-state index in [0.29, 0.717) is 4.32 Å². The van der Waals surface area contributed by atoms with Gasteiger partial charge in [0.2, 0.25) is 0 Å². The number of hydrogen-bond acceptors (Lipinski definition) is 0. The van der Waals surface area contributed by atoms with Crippen LogP contribution in [0.4, 0.5) is 0 Å². The van der Waals surface area contributed by atoms with Crippen molar-refractivity contribution in [3.8, 4) is 0 Å². The van der Waals surface area contributed by atoms with E-state index < -0.39 is 0 Å². The molecular formula is C11H17Br. The molecule has 0 heterocycles. The molecule has 1 heteroatoms. The highest BCUT2D eigenvalue weighted by Crippen LogP contribution is 2.46. The van der Waals surface area contributed by atoms with Gasteiger partial charge in [0.1, 0.15) is 0 Å². The van der Waals surface area contributed by atoms with E-state index in [1.807, 2.05) is 0 Å². The second-order valence-electron chi connectivity index (χ2n) is 4.90. The standard InChI is InChI=1S/C11H17Br/c1-8-3-9-4-10(5-9)7-11(2,12)6-8/h3,8,10H,4-7H2,1-2H3. The first-order valence-corrected chi connectivity index (χ1v) is 5.73. The molecule has 0 radical (unpaired) electrons. The Bertz CT molecular complexity index is 207. The van der Waals surface area contributed by atoms with Gasteiger partial charge in [0.05, 0.1) is 0 Å². The van der Waals surface area contributed by atoms with Crippen molar-refractivity contribution < 1.29 is 0 Å². The molecule has 3 aliphatic rings. The molecule has 68 valence electrons. The first-order chi connectivity index (χ1) is 5.55. The third-order valence-electron chi connectivity index (χ3n) is 3.08. The van der Waals surface area contributed by atoms with Crippen LogP contribution in [0.15, 0.2) is 11.6 Å². The van der Waals surface area contributed by atoms with Gasteiger partial charge in [-0.1, -0.05) is 34.5 Å². The van der Waals surface area contributed by atoms with Crippen LogP contribution in [0, 0.1) is 11.8 Å². The monoisotopic (exact) mass is 228 g/mol. The van der Waals surface area contributed by atoms with Crippen LogP contribution in [-0.2, 0) is 0 Å². The predicted octanol–water partition coefficient (Wildman–Crippen LogP) is 3.91. The predicted molar refractivity (Wildman–Crippen MR) is 56.5 cm³/mol. The van der Waals surface area contributed by atoms with E-state index in [1.54, 1.807) is 5.57 Å². The van der Waals surface area contributed by atoms with Gasteiger partial charge < -0.3 is 0 Å². The summed E-state index contributed by atoms with van der Waals surface area (Å²) < 4.78 is 0.402. The second-order valence-corrected chi connectivity index (χ2v) is 6.81. The van der Waals surface area contributed by atoms with Crippen molar-refractivity contribution in [2.75, 3.05) is 0 Å².